The average molecular weight is 270 g/mol. The van der Waals surface area contributed by atoms with E-state index in [1.54, 1.807) is 20.7 Å². The second kappa shape index (κ2) is 4.96. The van der Waals surface area contributed by atoms with E-state index in [1.165, 1.54) is 16.7 Å². The summed E-state index contributed by atoms with van der Waals surface area (Å²) in [4.78, 5) is 4.72. The maximum atomic E-state index is 4.72. The highest BCUT2D eigenvalue weighted by Gasteiger charge is 2.18. The molecule has 1 nitrogen and oxygen atoms in total. The predicted octanol–water partition coefficient (Wildman–Crippen LogP) is 5.13. The fourth-order valence-electron chi connectivity index (χ4n) is 1.71. The molecule has 0 unspecified atom stereocenters. The molecule has 3 heteroatoms. The minimum Gasteiger partial charge on any atom is -0.175 e. The van der Waals surface area contributed by atoms with Crippen LogP contribution in [-0.2, 0) is 0 Å². The first-order valence-electron chi connectivity index (χ1n) is 5.75. The van der Waals surface area contributed by atoms with Crippen LogP contribution in [0, 0.1) is 6.92 Å². The van der Waals surface area contributed by atoms with Gasteiger partial charge in [-0.15, -0.1) is 0 Å². The van der Waals surface area contributed by atoms with Gasteiger partial charge in [-0.1, -0.05) is 48.0 Å². The molecule has 0 bridgehead atoms. The molecule has 3 aromatic rings. The standard InChI is InChI=1S/C15H12NS2/c1-11-7-9-13(10-8-11)15-16-14(17-18-15)12-5-3-2-4-6-12/h2-10H,1H3/q+1. The van der Waals surface area contributed by atoms with Gasteiger partial charge in [0, 0.05) is 5.56 Å². The molecular weight excluding hydrogens is 258 g/mol. The molecule has 1 heterocycles. The molecule has 0 amide bonds. The molecule has 0 radical (unpaired) electrons. The summed E-state index contributed by atoms with van der Waals surface area (Å²) in [6.07, 6.45) is 0. The van der Waals surface area contributed by atoms with Crippen LogP contribution in [0.2, 0.25) is 0 Å². The Hall–Kier alpha value is -1.58. The smallest absolute Gasteiger partial charge is 0.175 e. The van der Waals surface area contributed by atoms with Crippen LogP contribution in [0.5, 0.6) is 0 Å². The summed E-state index contributed by atoms with van der Waals surface area (Å²) in [5.74, 6) is 0. The second-order valence-electron chi connectivity index (χ2n) is 4.12. The number of aryl methyl sites for hydroxylation is 1. The normalized spacial score (nSPS) is 10.5. The topological polar surface area (TPSA) is 12.9 Å². The summed E-state index contributed by atoms with van der Waals surface area (Å²) in [5, 5.41) is 2.19. The Morgan fingerprint density at radius 1 is 0.889 bits per heavy atom. The van der Waals surface area contributed by atoms with E-state index in [9.17, 15) is 0 Å². The molecule has 0 atom stereocenters. The molecule has 0 spiro atoms. The zero-order valence-corrected chi connectivity index (χ0v) is 11.6. The van der Waals surface area contributed by atoms with Gasteiger partial charge in [-0.25, -0.2) is 0 Å². The molecule has 0 aliphatic rings. The summed E-state index contributed by atoms with van der Waals surface area (Å²) in [5.41, 5.74) is 3.67. The van der Waals surface area contributed by atoms with Crippen LogP contribution in [0.4, 0.5) is 0 Å². The zero-order chi connectivity index (χ0) is 12.4. The van der Waals surface area contributed by atoms with Gasteiger partial charge in [0.25, 0.3) is 0 Å². The van der Waals surface area contributed by atoms with Gasteiger partial charge < -0.3 is 0 Å². The number of benzene rings is 2. The molecule has 2 aromatic carbocycles. The van der Waals surface area contributed by atoms with Crippen molar-refractivity contribution in [2.24, 2.45) is 0 Å². The highest BCUT2D eigenvalue weighted by Crippen LogP contribution is 2.33. The number of aromatic nitrogens is 1. The highest BCUT2D eigenvalue weighted by atomic mass is 32.9. The lowest BCUT2D eigenvalue weighted by Crippen LogP contribution is -1.79. The van der Waals surface area contributed by atoms with Gasteiger partial charge >= 0.3 is 15.3 Å². The van der Waals surface area contributed by atoms with E-state index < -0.39 is 0 Å². The molecular formula is C15H12NS2+. The fraction of sp³-hybridized carbons (Fsp3) is 0.0667. The number of nitrogens with zero attached hydrogens (tertiary/aromatic N) is 1. The maximum absolute atomic E-state index is 4.72. The third kappa shape index (κ3) is 2.33. The lowest BCUT2D eigenvalue weighted by molar-refractivity contribution is 1.41. The van der Waals surface area contributed by atoms with Crippen LogP contribution in [0.1, 0.15) is 5.56 Å². The highest BCUT2D eigenvalue weighted by molar-refractivity contribution is 7.71. The molecule has 88 valence electrons. The van der Waals surface area contributed by atoms with E-state index in [0.717, 1.165) is 10.0 Å². The van der Waals surface area contributed by atoms with Crippen molar-refractivity contribution in [2.75, 3.05) is 0 Å². The van der Waals surface area contributed by atoms with Crippen LogP contribution in [0.25, 0.3) is 21.1 Å². The maximum Gasteiger partial charge on any atom is 0.348 e. The van der Waals surface area contributed by atoms with Crippen molar-refractivity contribution in [2.45, 2.75) is 6.92 Å². The van der Waals surface area contributed by atoms with Crippen molar-refractivity contribution >= 4 is 20.7 Å². The quantitative estimate of drug-likeness (QED) is 0.465. The SMILES string of the molecule is Cc1ccc(-c2nc(-c3ccccc3)[s+]s2)cc1. The van der Waals surface area contributed by atoms with Gasteiger partial charge in [-0.3, -0.25) is 0 Å². The van der Waals surface area contributed by atoms with E-state index >= 15 is 0 Å². The Labute approximate surface area is 114 Å². The van der Waals surface area contributed by atoms with Crippen molar-refractivity contribution < 1.29 is 0 Å². The lowest BCUT2D eigenvalue weighted by atomic mass is 10.2. The van der Waals surface area contributed by atoms with E-state index in [2.05, 4.69) is 43.3 Å². The molecule has 0 N–H and O–H groups in total. The van der Waals surface area contributed by atoms with Crippen LogP contribution in [-0.4, -0.2) is 4.98 Å². The van der Waals surface area contributed by atoms with Gasteiger partial charge in [-0.2, -0.15) is 4.98 Å². The van der Waals surface area contributed by atoms with Crippen LogP contribution >= 0.6 is 20.7 Å². The van der Waals surface area contributed by atoms with Gasteiger partial charge in [0.05, 0.1) is 5.56 Å². The Bertz CT molecular complexity index is 642. The Kier molecular flexibility index (Phi) is 3.17. The summed E-state index contributed by atoms with van der Waals surface area (Å²) >= 11 is 0. The van der Waals surface area contributed by atoms with E-state index in [-0.39, 0.29) is 0 Å². The Balaban J connectivity index is 1.97. The molecule has 0 saturated carbocycles. The first-order chi connectivity index (χ1) is 8.83. The van der Waals surface area contributed by atoms with Gasteiger partial charge in [0.1, 0.15) is 0 Å². The molecule has 0 aliphatic carbocycles. The summed E-state index contributed by atoms with van der Waals surface area (Å²) in [6.45, 7) is 2.10. The van der Waals surface area contributed by atoms with Gasteiger partial charge in [0.15, 0.2) is 15.3 Å². The minimum atomic E-state index is 1.09. The summed E-state index contributed by atoms with van der Waals surface area (Å²) in [6, 6.07) is 18.9. The third-order valence-corrected chi connectivity index (χ3v) is 4.97. The van der Waals surface area contributed by atoms with Crippen molar-refractivity contribution in [3.05, 3.63) is 60.2 Å². The van der Waals surface area contributed by atoms with E-state index in [1.807, 2.05) is 18.2 Å². The molecule has 0 saturated heterocycles. The largest absolute Gasteiger partial charge is 0.348 e. The molecule has 0 aliphatic heterocycles. The van der Waals surface area contributed by atoms with E-state index in [4.69, 9.17) is 4.98 Å². The van der Waals surface area contributed by atoms with Crippen molar-refractivity contribution in [3.8, 4) is 21.1 Å². The van der Waals surface area contributed by atoms with Gasteiger partial charge in [-0.05, 0) is 19.1 Å². The minimum absolute atomic E-state index is 1.09. The summed E-state index contributed by atoms with van der Waals surface area (Å²) < 4.78 is 0. The molecule has 18 heavy (non-hydrogen) atoms. The Morgan fingerprint density at radius 3 is 2.33 bits per heavy atom. The van der Waals surface area contributed by atoms with Crippen molar-refractivity contribution in [1.29, 1.82) is 0 Å². The van der Waals surface area contributed by atoms with Crippen molar-refractivity contribution in [3.63, 3.8) is 0 Å². The lowest BCUT2D eigenvalue weighted by Gasteiger charge is -1.94. The van der Waals surface area contributed by atoms with Crippen molar-refractivity contribution in [1.82, 2.24) is 4.98 Å². The van der Waals surface area contributed by atoms with Crippen LogP contribution < -0.4 is 0 Å². The fourth-order valence-corrected chi connectivity index (χ4v) is 3.92. The Morgan fingerprint density at radius 2 is 1.61 bits per heavy atom. The zero-order valence-electron chi connectivity index (χ0n) is 9.96. The molecule has 3 rings (SSSR count). The number of rotatable bonds is 2. The number of hydrogen-bond acceptors (Lipinski definition) is 2. The molecule has 1 aromatic heterocycles. The average Bonchev–Trinajstić information content (AvgIpc) is 2.90. The van der Waals surface area contributed by atoms with Gasteiger partial charge in [0.2, 0.25) is 0 Å². The molecule has 0 fully saturated rings. The van der Waals surface area contributed by atoms with E-state index in [0.29, 0.717) is 0 Å². The number of hydrogen-bond donors (Lipinski definition) is 0. The summed E-state index contributed by atoms with van der Waals surface area (Å²) in [7, 11) is 3.47. The predicted molar refractivity (Wildman–Crippen MR) is 80.0 cm³/mol. The monoisotopic (exact) mass is 270 g/mol. The third-order valence-electron chi connectivity index (χ3n) is 2.72. The van der Waals surface area contributed by atoms with Crippen LogP contribution in [0.3, 0.4) is 0 Å². The van der Waals surface area contributed by atoms with Crippen LogP contribution in [0.15, 0.2) is 54.6 Å². The second-order valence-corrected chi connectivity index (χ2v) is 6.23. The first-order valence-corrected chi connectivity index (χ1v) is 7.90. The first kappa shape index (κ1) is 11.5.